The van der Waals surface area contributed by atoms with Gasteiger partial charge in [-0.25, -0.2) is 4.39 Å². The van der Waals surface area contributed by atoms with Crippen molar-refractivity contribution < 1.29 is 43.9 Å². The second-order valence-electron chi connectivity index (χ2n) is 10.2. The average molecular weight is 599 g/mol. The molecule has 0 saturated heterocycles. The second-order valence-corrected chi connectivity index (χ2v) is 10.2. The smallest absolute Gasteiger partial charge is 0.207 e. The number of alkyl halides is 9. The summed E-state index contributed by atoms with van der Waals surface area (Å²) in [7, 11) is 0. The lowest BCUT2D eigenvalue weighted by Crippen LogP contribution is -2.54. The fourth-order valence-corrected chi connectivity index (χ4v) is 5.07. The summed E-state index contributed by atoms with van der Waals surface area (Å²) in [4.78, 5) is 0. The van der Waals surface area contributed by atoms with Crippen molar-refractivity contribution in [2.75, 3.05) is 0 Å². The van der Waals surface area contributed by atoms with Gasteiger partial charge in [0.05, 0.1) is 5.56 Å². The van der Waals surface area contributed by atoms with Crippen LogP contribution in [0.5, 0.6) is 0 Å². The summed E-state index contributed by atoms with van der Waals surface area (Å²) in [5, 5.41) is 0. The predicted octanol–water partition coefficient (Wildman–Crippen LogP) is 10.1. The minimum absolute atomic E-state index is 0.0505. The first-order valence-electron chi connectivity index (χ1n) is 12.7. The zero-order valence-electron chi connectivity index (χ0n) is 22.3. The zero-order valence-corrected chi connectivity index (χ0v) is 22.3. The van der Waals surface area contributed by atoms with E-state index in [9.17, 15) is 43.9 Å². The molecule has 42 heavy (non-hydrogen) atoms. The molecule has 0 aliphatic carbocycles. The van der Waals surface area contributed by atoms with Crippen molar-refractivity contribution in [1.29, 1.82) is 0 Å². The van der Waals surface area contributed by atoms with Gasteiger partial charge in [0, 0.05) is 6.42 Å². The van der Waals surface area contributed by atoms with Crippen molar-refractivity contribution in [3.05, 3.63) is 141 Å². The lowest BCUT2D eigenvalue weighted by Gasteiger charge is -2.38. The van der Waals surface area contributed by atoms with E-state index in [2.05, 4.69) is 0 Å². The number of benzene rings is 4. The topological polar surface area (TPSA) is 0 Å². The Morgan fingerprint density at radius 1 is 0.500 bits per heavy atom. The Balaban J connectivity index is 1.74. The van der Waals surface area contributed by atoms with E-state index in [0.717, 1.165) is 42.5 Å². The Morgan fingerprint density at radius 3 is 1.31 bits per heavy atom. The van der Waals surface area contributed by atoms with Crippen LogP contribution < -0.4 is 0 Å². The highest BCUT2D eigenvalue weighted by Gasteiger charge is 2.72. The van der Waals surface area contributed by atoms with Gasteiger partial charge in [0.15, 0.2) is 0 Å². The summed E-state index contributed by atoms with van der Waals surface area (Å²) in [5.41, 5.74) is -6.14. The monoisotopic (exact) mass is 598 g/mol. The van der Waals surface area contributed by atoms with Gasteiger partial charge in [0.2, 0.25) is 5.41 Å². The summed E-state index contributed by atoms with van der Waals surface area (Å²) in [5.74, 6) is -0.549. The van der Waals surface area contributed by atoms with Gasteiger partial charge < -0.3 is 0 Å². The van der Waals surface area contributed by atoms with Crippen molar-refractivity contribution in [3.8, 4) is 0 Å². The molecule has 0 N–H and O–H groups in total. The molecule has 4 aromatic carbocycles. The molecule has 0 amide bonds. The molecule has 0 heterocycles. The average Bonchev–Trinajstić information content (AvgIpc) is 2.87. The normalized spacial score (nSPS) is 13.0. The third-order valence-electron chi connectivity index (χ3n) is 7.19. The van der Waals surface area contributed by atoms with Crippen LogP contribution in [0.3, 0.4) is 0 Å². The Bertz CT molecular complexity index is 1530. The highest BCUT2D eigenvalue weighted by atomic mass is 19.4. The van der Waals surface area contributed by atoms with Gasteiger partial charge >= 0.3 is 18.5 Å². The maximum atomic E-state index is 14.6. The van der Waals surface area contributed by atoms with E-state index in [0.29, 0.717) is 28.8 Å². The molecule has 0 aromatic heterocycles. The molecule has 0 nitrogen and oxygen atoms in total. The molecule has 0 saturated carbocycles. The van der Waals surface area contributed by atoms with Crippen LogP contribution in [-0.2, 0) is 24.4 Å². The largest absolute Gasteiger partial charge is 0.416 e. The quantitative estimate of drug-likeness (QED) is 0.194. The van der Waals surface area contributed by atoms with E-state index in [1.165, 1.54) is 31.2 Å². The summed E-state index contributed by atoms with van der Waals surface area (Å²) >= 11 is 0. The molecule has 0 spiro atoms. The van der Waals surface area contributed by atoms with E-state index >= 15 is 0 Å². The van der Waals surface area contributed by atoms with Crippen LogP contribution in [0, 0.1) is 19.7 Å². The molecular weight excluding hydrogens is 574 g/mol. The minimum atomic E-state index is -5.84. The van der Waals surface area contributed by atoms with Gasteiger partial charge in [0.1, 0.15) is 5.82 Å². The Labute approximate surface area is 235 Å². The SMILES string of the molecule is Cc1ccc(Cc2ccc(C(c3ccc(Cc4ccc(C)cc4C(F)(F)F)cc3)(C(F)(F)F)C(F)(F)F)cc2)c(F)c1. The van der Waals surface area contributed by atoms with Crippen LogP contribution in [0.2, 0.25) is 0 Å². The van der Waals surface area contributed by atoms with Gasteiger partial charge in [-0.1, -0.05) is 78.4 Å². The molecule has 222 valence electrons. The number of halogens is 10. The fraction of sp³-hybridized carbons (Fsp3) is 0.250. The Kier molecular flexibility index (Phi) is 8.23. The summed E-state index contributed by atoms with van der Waals surface area (Å²) in [6, 6.07) is 14.8. The number of aryl methyl sites for hydroxylation is 2. The Hall–Kier alpha value is -3.82. The number of rotatable bonds is 6. The lowest BCUT2D eigenvalue weighted by molar-refractivity contribution is -0.288. The Morgan fingerprint density at radius 2 is 0.905 bits per heavy atom. The molecule has 0 unspecified atom stereocenters. The van der Waals surface area contributed by atoms with Crippen LogP contribution in [0.1, 0.15) is 50.1 Å². The standard InChI is InChI=1S/C32H24F10/c1-19-3-9-23(27(15-19)30(34,35)36)17-21-5-11-25(12-6-21)29(31(37,38)39,32(40,41)42)26-13-7-22(8-14-26)18-24-10-4-20(2)16-28(24)33/h3-16H,17-18H2,1-2H3. The molecule has 0 radical (unpaired) electrons. The molecule has 0 atom stereocenters. The van der Waals surface area contributed by atoms with Gasteiger partial charge in [-0.05, 0) is 71.3 Å². The van der Waals surface area contributed by atoms with Crippen LogP contribution in [0.4, 0.5) is 43.9 Å². The minimum Gasteiger partial charge on any atom is -0.207 e. The molecule has 0 bridgehead atoms. The van der Waals surface area contributed by atoms with Crippen molar-refractivity contribution in [1.82, 2.24) is 0 Å². The molecule has 4 rings (SSSR count). The summed E-state index contributed by atoms with van der Waals surface area (Å²) < 4.78 is 142. The van der Waals surface area contributed by atoms with E-state index in [1.54, 1.807) is 13.0 Å². The maximum absolute atomic E-state index is 14.6. The highest BCUT2D eigenvalue weighted by Crippen LogP contribution is 2.56. The van der Waals surface area contributed by atoms with Gasteiger partial charge in [0.25, 0.3) is 0 Å². The second kappa shape index (κ2) is 11.1. The van der Waals surface area contributed by atoms with E-state index in [1.807, 2.05) is 0 Å². The molecule has 10 heteroatoms. The maximum Gasteiger partial charge on any atom is 0.416 e. The number of hydrogen-bond acceptors (Lipinski definition) is 0. The molecule has 4 aromatic rings. The van der Waals surface area contributed by atoms with Gasteiger partial charge in [-0.2, -0.15) is 39.5 Å². The van der Waals surface area contributed by atoms with Crippen molar-refractivity contribution in [3.63, 3.8) is 0 Å². The zero-order chi connectivity index (χ0) is 31.1. The lowest BCUT2D eigenvalue weighted by atomic mass is 9.72. The van der Waals surface area contributed by atoms with Crippen LogP contribution in [-0.4, -0.2) is 12.4 Å². The predicted molar refractivity (Wildman–Crippen MR) is 139 cm³/mol. The van der Waals surface area contributed by atoms with Gasteiger partial charge in [-0.15, -0.1) is 0 Å². The molecule has 0 aliphatic rings. The molecular formula is C32H24F10. The van der Waals surface area contributed by atoms with Crippen LogP contribution in [0.25, 0.3) is 0 Å². The van der Waals surface area contributed by atoms with Crippen LogP contribution >= 0.6 is 0 Å². The fourth-order valence-electron chi connectivity index (χ4n) is 5.07. The summed E-state index contributed by atoms with van der Waals surface area (Å²) in [6.07, 6.45) is -16.8. The molecule has 0 aliphatic heterocycles. The van der Waals surface area contributed by atoms with Crippen molar-refractivity contribution >= 4 is 0 Å². The van der Waals surface area contributed by atoms with Crippen molar-refractivity contribution in [2.24, 2.45) is 0 Å². The number of hydrogen-bond donors (Lipinski definition) is 0. The van der Waals surface area contributed by atoms with Crippen molar-refractivity contribution in [2.45, 2.75) is 50.6 Å². The first-order chi connectivity index (χ1) is 19.4. The van der Waals surface area contributed by atoms with Crippen LogP contribution in [0.15, 0.2) is 84.9 Å². The summed E-state index contributed by atoms with van der Waals surface area (Å²) in [6.45, 7) is 3.14. The molecule has 0 fully saturated rings. The highest BCUT2D eigenvalue weighted by molar-refractivity contribution is 5.47. The van der Waals surface area contributed by atoms with E-state index in [-0.39, 0.29) is 29.5 Å². The third-order valence-corrected chi connectivity index (χ3v) is 7.19. The van der Waals surface area contributed by atoms with E-state index < -0.39 is 46.5 Å². The first kappa shape index (κ1) is 31.1. The first-order valence-corrected chi connectivity index (χ1v) is 12.7. The van der Waals surface area contributed by atoms with E-state index in [4.69, 9.17) is 0 Å². The third kappa shape index (κ3) is 6.03. The van der Waals surface area contributed by atoms with Gasteiger partial charge in [-0.3, -0.25) is 0 Å².